The van der Waals surface area contributed by atoms with Gasteiger partial charge >= 0.3 is 0 Å². The molecule has 0 bridgehead atoms. The van der Waals surface area contributed by atoms with Crippen molar-refractivity contribution in [3.05, 3.63) is 56.6 Å². The fourth-order valence-electron chi connectivity index (χ4n) is 1.55. The molecule has 0 radical (unpaired) electrons. The van der Waals surface area contributed by atoms with Gasteiger partial charge in [0, 0.05) is 22.2 Å². The van der Waals surface area contributed by atoms with Crippen molar-refractivity contribution in [2.45, 2.75) is 0 Å². The Hall–Kier alpha value is -2.02. The van der Waals surface area contributed by atoms with E-state index in [0.717, 1.165) is 0 Å². The summed E-state index contributed by atoms with van der Waals surface area (Å²) in [6, 6.07) is 8.72. The van der Waals surface area contributed by atoms with E-state index in [1.54, 1.807) is 18.2 Å². The Kier molecular flexibility index (Phi) is 4.29. The third-order valence-corrected chi connectivity index (χ3v) is 2.78. The summed E-state index contributed by atoms with van der Waals surface area (Å²) in [4.78, 5) is 10.3. The first kappa shape index (κ1) is 14.4. The average Bonchev–Trinajstić information content (AvgIpc) is 2.36. The smallest absolute Gasteiger partial charge is 0.275 e. The second kappa shape index (κ2) is 5.96. The molecule has 0 aliphatic heterocycles. The highest BCUT2D eigenvalue weighted by atomic mass is 35.5. The van der Waals surface area contributed by atoms with E-state index >= 15 is 0 Å². The van der Waals surface area contributed by atoms with Crippen molar-refractivity contribution in [3.8, 4) is 11.5 Å². The van der Waals surface area contributed by atoms with E-state index in [1.807, 2.05) is 0 Å². The molecule has 3 N–H and O–H groups in total. The predicted molar refractivity (Wildman–Crippen MR) is 77.4 cm³/mol. The highest BCUT2D eigenvalue weighted by Crippen LogP contribution is 2.32. The molecule has 0 fully saturated rings. The maximum Gasteiger partial charge on any atom is 0.275 e. The molecule has 0 aromatic heterocycles. The summed E-state index contributed by atoms with van der Waals surface area (Å²) in [6.45, 7) is 0. The summed E-state index contributed by atoms with van der Waals surface area (Å²) in [5, 5.41) is 11.6. The van der Waals surface area contributed by atoms with E-state index in [9.17, 15) is 10.1 Å². The Morgan fingerprint density at radius 2 is 1.65 bits per heavy atom. The molecule has 0 aliphatic carbocycles. The van der Waals surface area contributed by atoms with E-state index in [2.05, 4.69) is 5.43 Å². The summed E-state index contributed by atoms with van der Waals surface area (Å²) in [7, 11) is 0. The van der Waals surface area contributed by atoms with Crippen LogP contribution in [-0.2, 0) is 0 Å². The van der Waals surface area contributed by atoms with Gasteiger partial charge in [0.15, 0.2) is 0 Å². The number of hydrazine groups is 1. The van der Waals surface area contributed by atoms with Gasteiger partial charge in [-0.25, -0.2) is 0 Å². The van der Waals surface area contributed by atoms with Gasteiger partial charge in [0.1, 0.15) is 11.5 Å². The zero-order valence-corrected chi connectivity index (χ0v) is 11.5. The van der Waals surface area contributed by atoms with Crippen molar-refractivity contribution in [2.75, 3.05) is 5.43 Å². The molecule has 0 spiro atoms. The van der Waals surface area contributed by atoms with Gasteiger partial charge in [-0.05, 0) is 18.2 Å². The molecule has 0 amide bonds. The zero-order valence-electron chi connectivity index (χ0n) is 9.97. The van der Waals surface area contributed by atoms with E-state index in [1.165, 1.54) is 18.2 Å². The number of nitro groups is 1. The van der Waals surface area contributed by atoms with E-state index in [0.29, 0.717) is 21.5 Å². The second-order valence-electron chi connectivity index (χ2n) is 3.82. The highest BCUT2D eigenvalue weighted by Gasteiger charge is 2.11. The molecule has 0 aliphatic rings. The number of nitrogens with two attached hydrogens (primary N) is 1. The molecule has 8 heteroatoms. The average molecular weight is 314 g/mol. The number of hydrogen-bond acceptors (Lipinski definition) is 5. The molecule has 2 rings (SSSR count). The van der Waals surface area contributed by atoms with Crippen molar-refractivity contribution in [1.82, 2.24) is 0 Å². The first-order valence-electron chi connectivity index (χ1n) is 5.38. The van der Waals surface area contributed by atoms with Gasteiger partial charge in [-0.1, -0.05) is 23.2 Å². The van der Waals surface area contributed by atoms with Gasteiger partial charge < -0.3 is 10.2 Å². The minimum absolute atomic E-state index is 0.149. The van der Waals surface area contributed by atoms with Crippen LogP contribution in [0.4, 0.5) is 11.4 Å². The molecule has 2 aromatic carbocycles. The molecule has 0 saturated heterocycles. The van der Waals surface area contributed by atoms with E-state index in [4.69, 9.17) is 33.8 Å². The molecule has 0 saturated carbocycles. The quantitative estimate of drug-likeness (QED) is 0.506. The number of ether oxygens (including phenoxy) is 1. The number of hydrogen-bond donors (Lipinski definition) is 2. The fraction of sp³-hybridized carbons (Fsp3) is 0. The van der Waals surface area contributed by atoms with Crippen LogP contribution < -0.4 is 16.0 Å². The maximum atomic E-state index is 10.8. The normalized spacial score (nSPS) is 10.2. The second-order valence-corrected chi connectivity index (χ2v) is 4.70. The van der Waals surface area contributed by atoms with Gasteiger partial charge in [0.05, 0.1) is 16.7 Å². The summed E-state index contributed by atoms with van der Waals surface area (Å²) in [5.41, 5.74) is 2.53. The van der Waals surface area contributed by atoms with Crippen LogP contribution in [0.2, 0.25) is 10.0 Å². The van der Waals surface area contributed by atoms with Gasteiger partial charge in [0.2, 0.25) is 0 Å². The Morgan fingerprint density at radius 1 is 1.05 bits per heavy atom. The number of non-ortho nitro benzene ring substituents is 1. The van der Waals surface area contributed by atoms with Crippen molar-refractivity contribution in [2.24, 2.45) is 5.84 Å². The summed E-state index contributed by atoms with van der Waals surface area (Å²) in [6.07, 6.45) is 0. The Bertz CT molecular complexity index is 644. The zero-order chi connectivity index (χ0) is 14.7. The van der Waals surface area contributed by atoms with Crippen LogP contribution in [0.15, 0.2) is 36.4 Å². The molecule has 2 aromatic rings. The monoisotopic (exact) mass is 313 g/mol. The van der Waals surface area contributed by atoms with E-state index < -0.39 is 4.92 Å². The predicted octanol–water partition coefficient (Wildman–Crippen LogP) is 3.98. The lowest BCUT2D eigenvalue weighted by Crippen LogP contribution is -2.07. The third kappa shape index (κ3) is 3.51. The maximum absolute atomic E-state index is 10.8. The minimum atomic E-state index is -0.543. The Morgan fingerprint density at radius 3 is 2.20 bits per heavy atom. The summed E-state index contributed by atoms with van der Waals surface area (Å²) >= 11 is 11.7. The van der Waals surface area contributed by atoms with Crippen LogP contribution in [0.5, 0.6) is 11.5 Å². The van der Waals surface area contributed by atoms with Gasteiger partial charge in [-0.2, -0.15) is 0 Å². The van der Waals surface area contributed by atoms with Gasteiger partial charge in [-0.3, -0.25) is 16.0 Å². The van der Waals surface area contributed by atoms with Gasteiger partial charge in [0.25, 0.3) is 5.69 Å². The standard InChI is InChI=1S/C12H9Cl2N3O3/c13-7-1-8(14)3-11(2-7)20-12-5-9(16-15)4-10(6-12)17(18)19/h1-6,16H,15H2. The molecular formula is C12H9Cl2N3O3. The highest BCUT2D eigenvalue weighted by molar-refractivity contribution is 6.34. The lowest BCUT2D eigenvalue weighted by atomic mass is 10.2. The number of rotatable bonds is 4. The first-order chi connectivity index (χ1) is 9.47. The number of nitrogen functional groups attached to an aromatic ring is 1. The van der Waals surface area contributed by atoms with Crippen molar-refractivity contribution in [3.63, 3.8) is 0 Å². The van der Waals surface area contributed by atoms with Crippen LogP contribution in [0.3, 0.4) is 0 Å². The lowest BCUT2D eigenvalue weighted by molar-refractivity contribution is -0.384. The van der Waals surface area contributed by atoms with Crippen LogP contribution in [0.1, 0.15) is 0 Å². The molecule has 0 unspecified atom stereocenters. The Balaban J connectivity index is 2.37. The summed E-state index contributed by atoms with van der Waals surface area (Å²) in [5.74, 6) is 5.87. The number of benzene rings is 2. The van der Waals surface area contributed by atoms with Gasteiger partial charge in [-0.15, -0.1) is 0 Å². The molecule has 20 heavy (non-hydrogen) atoms. The lowest BCUT2D eigenvalue weighted by Gasteiger charge is -2.08. The molecule has 0 atom stereocenters. The summed E-state index contributed by atoms with van der Waals surface area (Å²) < 4.78 is 5.50. The first-order valence-corrected chi connectivity index (χ1v) is 6.13. The number of anilines is 1. The molecule has 6 nitrogen and oxygen atoms in total. The molecular weight excluding hydrogens is 305 g/mol. The van der Waals surface area contributed by atoms with Crippen LogP contribution >= 0.6 is 23.2 Å². The van der Waals surface area contributed by atoms with Crippen LogP contribution in [0, 0.1) is 10.1 Å². The molecule has 104 valence electrons. The number of halogens is 2. The van der Waals surface area contributed by atoms with Crippen molar-refractivity contribution in [1.29, 1.82) is 0 Å². The fourth-order valence-corrected chi connectivity index (χ4v) is 2.06. The number of nitro benzene ring substituents is 1. The van der Waals surface area contributed by atoms with Crippen LogP contribution in [-0.4, -0.2) is 4.92 Å². The number of nitrogens with zero attached hydrogens (tertiary/aromatic N) is 1. The van der Waals surface area contributed by atoms with Crippen molar-refractivity contribution < 1.29 is 9.66 Å². The third-order valence-electron chi connectivity index (χ3n) is 2.34. The van der Waals surface area contributed by atoms with Crippen LogP contribution in [0.25, 0.3) is 0 Å². The SMILES string of the molecule is NNc1cc(Oc2cc(Cl)cc(Cl)c2)cc([N+](=O)[O-])c1. The number of nitrogens with one attached hydrogen (secondary N) is 1. The molecule has 0 heterocycles. The van der Waals surface area contributed by atoms with E-state index in [-0.39, 0.29) is 11.4 Å². The van der Waals surface area contributed by atoms with Crippen molar-refractivity contribution >= 4 is 34.6 Å². The largest absolute Gasteiger partial charge is 0.457 e. The topological polar surface area (TPSA) is 90.4 Å². The minimum Gasteiger partial charge on any atom is -0.457 e. The Labute approximate surface area is 124 Å².